The Labute approximate surface area is 105 Å². The smallest absolute Gasteiger partial charge is 0.273 e. The fourth-order valence-corrected chi connectivity index (χ4v) is 1.69. The van der Waals surface area contributed by atoms with Gasteiger partial charge in [0.2, 0.25) is 0 Å². The van der Waals surface area contributed by atoms with Gasteiger partial charge in [0, 0.05) is 25.7 Å². The van der Waals surface area contributed by atoms with Crippen molar-refractivity contribution in [2.45, 2.75) is 31.2 Å². The second kappa shape index (κ2) is 5.97. The zero-order valence-corrected chi connectivity index (χ0v) is 10.4. The molecule has 1 aromatic heterocycles. The van der Waals surface area contributed by atoms with Crippen LogP contribution in [0.3, 0.4) is 0 Å². The van der Waals surface area contributed by atoms with Gasteiger partial charge in [-0.15, -0.1) is 0 Å². The molecule has 2 N–H and O–H groups in total. The average Bonchev–Trinajstić information content (AvgIpc) is 3.12. The van der Waals surface area contributed by atoms with E-state index in [-0.39, 0.29) is 24.2 Å². The van der Waals surface area contributed by atoms with E-state index >= 15 is 0 Å². The number of hydrogen-bond acceptors (Lipinski definition) is 5. The Balaban J connectivity index is 1.88. The third kappa shape index (κ3) is 3.30. The van der Waals surface area contributed by atoms with Gasteiger partial charge in [0.1, 0.15) is 5.76 Å². The number of nitrogens with zero attached hydrogens (tertiary/aromatic N) is 1. The molecule has 0 spiro atoms. The normalized spacial score (nSPS) is 16.6. The number of aliphatic hydroxyl groups is 1. The first-order valence-electron chi connectivity index (χ1n) is 6.12. The third-order valence-corrected chi connectivity index (χ3v) is 2.97. The van der Waals surface area contributed by atoms with Crippen molar-refractivity contribution in [3.05, 3.63) is 17.5 Å². The molecule has 6 heteroatoms. The van der Waals surface area contributed by atoms with E-state index in [9.17, 15) is 4.79 Å². The Morgan fingerprint density at radius 1 is 1.72 bits per heavy atom. The highest BCUT2D eigenvalue weighted by Gasteiger charge is 2.29. The SMILES string of the molecule is COCCC(CO)NC(=O)c1cc(C2CC2)on1. The summed E-state index contributed by atoms with van der Waals surface area (Å²) in [5, 5.41) is 15.6. The fraction of sp³-hybridized carbons (Fsp3) is 0.667. The highest BCUT2D eigenvalue weighted by molar-refractivity contribution is 5.92. The summed E-state index contributed by atoms with van der Waals surface area (Å²) in [6, 6.07) is 1.36. The maximum atomic E-state index is 11.8. The first kappa shape index (κ1) is 13.0. The highest BCUT2D eigenvalue weighted by atomic mass is 16.5. The molecule has 2 rings (SSSR count). The minimum absolute atomic E-state index is 0.123. The van der Waals surface area contributed by atoms with Gasteiger partial charge in [-0.3, -0.25) is 4.79 Å². The van der Waals surface area contributed by atoms with Crippen LogP contribution in [0.2, 0.25) is 0 Å². The molecule has 1 aliphatic rings. The molecule has 18 heavy (non-hydrogen) atoms. The molecule has 0 aromatic carbocycles. The quantitative estimate of drug-likeness (QED) is 0.747. The summed E-state index contributed by atoms with van der Waals surface area (Å²) in [6.45, 7) is 0.361. The second-order valence-electron chi connectivity index (χ2n) is 4.52. The van der Waals surface area contributed by atoms with Crippen molar-refractivity contribution >= 4 is 5.91 Å². The van der Waals surface area contributed by atoms with E-state index in [1.165, 1.54) is 0 Å². The maximum Gasteiger partial charge on any atom is 0.273 e. The number of nitrogens with one attached hydrogen (secondary N) is 1. The molecule has 0 saturated heterocycles. The summed E-state index contributed by atoms with van der Waals surface area (Å²) in [6.07, 6.45) is 2.76. The van der Waals surface area contributed by atoms with Gasteiger partial charge >= 0.3 is 0 Å². The molecule has 100 valence electrons. The maximum absolute atomic E-state index is 11.8. The number of aromatic nitrogens is 1. The van der Waals surface area contributed by atoms with Crippen molar-refractivity contribution < 1.29 is 19.2 Å². The molecule has 1 heterocycles. The first-order valence-corrected chi connectivity index (χ1v) is 6.12. The van der Waals surface area contributed by atoms with E-state index in [2.05, 4.69) is 10.5 Å². The number of aliphatic hydroxyl groups excluding tert-OH is 1. The van der Waals surface area contributed by atoms with E-state index in [0.29, 0.717) is 18.9 Å². The van der Waals surface area contributed by atoms with Gasteiger partial charge in [0.15, 0.2) is 5.69 Å². The topological polar surface area (TPSA) is 84.6 Å². The number of methoxy groups -OCH3 is 1. The van der Waals surface area contributed by atoms with Crippen LogP contribution in [0.5, 0.6) is 0 Å². The van der Waals surface area contributed by atoms with Crippen LogP contribution >= 0.6 is 0 Å². The summed E-state index contributed by atoms with van der Waals surface area (Å²) in [4.78, 5) is 11.8. The molecule has 6 nitrogen and oxygen atoms in total. The van der Waals surface area contributed by atoms with E-state index in [1.54, 1.807) is 13.2 Å². The lowest BCUT2D eigenvalue weighted by Crippen LogP contribution is -2.38. The molecule has 0 bridgehead atoms. The Kier molecular flexibility index (Phi) is 4.33. The van der Waals surface area contributed by atoms with Crippen LogP contribution in [0, 0.1) is 0 Å². The lowest BCUT2D eigenvalue weighted by Gasteiger charge is -2.14. The molecular formula is C12H18N2O4. The monoisotopic (exact) mass is 254 g/mol. The van der Waals surface area contributed by atoms with Crippen molar-refractivity contribution in [1.29, 1.82) is 0 Å². The van der Waals surface area contributed by atoms with Crippen molar-refractivity contribution in [2.24, 2.45) is 0 Å². The minimum atomic E-state index is -0.321. The summed E-state index contributed by atoms with van der Waals surface area (Å²) in [5.74, 6) is 0.888. The number of carbonyl (C=O) groups is 1. The van der Waals surface area contributed by atoms with Crippen molar-refractivity contribution in [3.8, 4) is 0 Å². The van der Waals surface area contributed by atoms with E-state index < -0.39 is 0 Å². The Morgan fingerprint density at radius 2 is 2.50 bits per heavy atom. The molecule has 1 fully saturated rings. The summed E-state index contributed by atoms with van der Waals surface area (Å²) < 4.78 is 10.0. The molecule has 1 saturated carbocycles. The Bertz CT molecular complexity index is 401. The van der Waals surface area contributed by atoms with Gasteiger partial charge in [0.25, 0.3) is 5.91 Å². The standard InChI is InChI=1S/C12H18N2O4/c1-17-5-4-9(7-15)13-12(16)10-6-11(18-14-10)8-2-3-8/h6,8-9,15H,2-5,7H2,1H3,(H,13,16). The average molecular weight is 254 g/mol. The van der Waals surface area contributed by atoms with Crippen LogP contribution < -0.4 is 5.32 Å². The van der Waals surface area contributed by atoms with Gasteiger partial charge in [-0.25, -0.2) is 0 Å². The Hall–Kier alpha value is -1.40. The molecular weight excluding hydrogens is 236 g/mol. The van der Waals surface area contributed by atoms with Gasteiger partial charge in [0.05, 0.1) is 12.6 Å². The van der Waals surface area contributed by atoms with Crippen molar-refractivity contribution in [2.75, 3.05) is 20.3 Å². The van der Waals surface area contributed by atoms with Gasteiger partial charge in [-0.1, -0.05) is 5.16 Å². The van der Waals surface area contributed by atoms with Crippen LogP contribution in [0.4, 0.5) is 0 Å². The van der Waals surface area contributed by atoms with Crippen LogP contribution in [0.1, 0.15) is 41.4 Å². The van der Waals surface area contributed by atoms with Gasteiger partial charge in [-0.05, 0) is 19.3 Å². The fourth-order valence-electron chi connectivity index (χ4n) is 1.69. The van der Waals surface area contributed by atoms with Crippen molar-refractivity contribution in [3.63, 3.8) is 0 Å². The van der Waals surface area contributed by atoms with Gasteiger partial charge < -0.3 is 19.7 Å². The number of ether oxygens (including phenoxy) is 1. The van der Waals surface area contributed by atoms with Gasteiger partial charge in [-0.2, -0.15) is 0 Å². The predicted octanol–water partition coefficient (Wildman–Crippen LogP) is 0.679. The predicted molar refractivity (Wildman–Crippen MR) is 63.3 cm³/mol. The second-order valence-corrected chi connectivity index (χ2v) is 4.52. The van der Waals surface area contributed by atoms with Crippen LogP contribution in [0.25, 0.3) is 0 Å². The number of rotatable bonds is 7. The van der Waals surface area contributed by atoms with Crippen LogP contribution in [0.15, 0.2) is 10.6 Å². The summed E-state index contributed by atoms with van der Waals surface area (Å²) in [5.41, 5.74) is 0.271. The lowest BCUT2D eigenvalue weighted by atomic mass is 10.2. The molecule has 1 aromatic rings. The molecule has 1 aliphatic carbocycles. The number of amides is 1. The van der Waals surface area contributed by atoms with E-state index in [1.807, 2.05) is 0 Å². The summed E-state index contributed by atoms with van der Waals surface area (Å²) >= 11 is 0. The largest absolute Gasteiger partial charge is 0.394 e. The van der Waals surface area contributed by atoms with Crippen LogP contribution in [-0.2, 0) is 4.74 Å². The highest BCUT2D eigenvalue weighted by Crippen LogP contribution is 2.40. The zero-order valence-electron chi connectivity index (χ0n) is 10.4. The lowest BCUT2D eigenvalue weighted by molar-refractivity contribution is 0.0885. The first-order chi connectivity index (χ1) is 8.74. The molecule has 0 radical (unpaired) electrons. The molecule has 1 atom stereocenters. The molecule has 1 unspecified atom stereocenters. The van der Waals surface area contributed by atoms with Crippen molar-refractivity contribution in [1.82, 2.24) is 10.5 Å². The van der Waals surface area contributed by atoms with E-state index in [4.69, 9.17) is 14.4 Å². The summed E-state index contributed by atoms with van der Waals surface area (Å²) in [7, 11) is 1.58. The minimum Gasteiger partial charge on any atom is -0.394 e. The molecule has 1 amide bonds. The number of hydrogen-bond donors (Lipinski definition) is 2. The zero-order chi connectivity index (χ0) is 13.0. The molecule has 0 aliphatic heterocycles. The number of carbonyl (C=O) groups excluding carboxylic acids is 1. The van der Waals surface area contributed by atoms with Crippen LogP contribution in [-0.4, -0.2) is 42.5 Å². The Morgan fingerprint density at radius 3 is 3.11 bits per heavy atom. The third-order valence-electron chi connectivity index (χ3n) is 2.97. The van der Waals surface area contributed by atoms with E-state index in [0.717, 1.165) is 18.6 Å².